The number of thiazole rings is 1. The number of aromatic nitrogens is 1. The summed E-state index contributed by atoms with van der Waals surface area (Å²) in [5.41, 5.74) is 6.03. The molecule has 1 aromatic rings. The van der Waals surface area contributed by atoms with E-state index in [2.05, 4.69) is 10.3 Å². The predicted molar refractivity (Wildman–Crippen MR) is 67.5 cm³/mol. The van der Waals surface area contributed by atoms with Gasteiger partial charge in [-0.15, -0.1) is 11.3 Å². The molecule has 6 nitrogen and oxygen atoms in total. The maximum Gasteiger partial charge on any atom is 0.226 e. The van der Waals surface area contributed by atoms with Crippen LogP contribution in [0.2, 0.25) is 0 Å². The summed E-state index contributed by atoms with van der Waals surface area (Å²) in [7, 11) is -3.09. The van der Waals surface area contributed by atoms with Crippen LogP contribution in [-0.4, -0.2) is 37.4 Å². The highest BCUT2D eigenvalue weighted by Gasteiger charge is 2.14. The average molecular weight is 277 g/mol. The zero-order valence-corrected chi connectivity index (χ0v) is 11.3. The van der Waals surface area contributed by atoms with Crippen LogP contribution in [0.1, 0.15) is 12.6 Å². The molecule has 0 spiro atoms. The van der Waals surface area contributed by atoms with Gasteiger partial charge in [0.25, 0.3) is 0 Å². The first-order chi connectivity index (χ1) is 7.76. The van der Waals surface area contributed by atoms with E-state index in [0.29, 0.717) is 10.8 Å². The van der Waals surface area contributed by atoms with Crippen molar-refractivity contribution in [1.82, 2.24) is 10.3 Å². The number of carbonyl (C=O) groups excluding carboxylic acids is 1. The maximum absolute atomic E-state index is 11.5. The Labute approximate surface area is 104 Å². The molecule has 1 heterocycles. The highest BCUT2D eigenvalue weighted by Crippen LogP contribution is 2.11. The standard InChI is InChI=1S/C9H15N3O3S2/c1-6(5-17(2,14)15)11-8(13)3-7-4-16-9(10)12-7/h4,6H,3,5H2,1-2H3,(H2,10,12)(H,11,13). The number of rotatable bonds is 5. The van der Waals surface area contributed by atoms with Crippen LogP contribution in [-0.2, 0) is 21.1 Å². The average Bonchev–Trinajstić information content (AvgIpc) is 2.46. The highest BCUT2D eigenvalue weighted by atomic mass is 32.2. The molecule has 1 rings (SSSR count). The third kappa shape index (κ3) is 5.64. The minimum atomic E-state index is -3.09. The molecule has 1 atom stereocenters. The monoisotopic (exact) mass is 277 g/mol. The zero-order chi connectivity index (χ0) is 13.1. The molecule has 0 aliphatic rings. The van der Waals surface area contributed by atoms with Crippen LogP contribution in [0.4, 0.5) is 5.13 Å². The van der Waals surface area contributed by atoms with E-state index >= 15 is 0 Å². The van der Waals surface area contributed by atoms with Gasteiger partial charge in [-0.25, -0.2) is 13.4 Å². The lowest BCUT2D eigenvalue weighted by atomic mass is 10.3. The van der Waals surface area contributed by atoms with Crippen molar-refractivity contribution < 1.29 is 13.2 Å². The molecule has 3 N–H and O–H groups in total. The number of nitrogens with two attached hydrogens (primary N) is 1. The van der Waals surface area contributed by atoms with Crippen molar-refractivity contribution in [2.45, 2.75) is 19.4 Å². The number of sulfone groups is 1. The number of amides is 1. The van der Waals surface area contributed by atoms with Crippen LogP contribution in [0, 0.1) is 0 Å². The maximum atomic E-state index is 11.5. The molecule has 0 bridgehead atoms. The van der Waals surface area contributed by atoms with Crippen molar-refractivity contribution in [1.29, 1.82) is 0 Å². The first-order valence-corrected chi connectivity index (χ1v) is 7.87. The second kappa shape index (κ2) is 5.46. The second-order valence-electron chi connectivity index (χ2n) is 3.91. The minimum absolute atomic E-state index is 0.0715. The van der Waals surface area contributed by atoms with Gasteiger partial charge >= 0.3 is 0 Å². The first-order valence-electron chi connectivity index (χ1n) is 4.93. The van der Waals surface area contributed by atoms with E-state index in [1.807, 2.05) is 0 Å². The Kier molecular flexibility index (Phi) is 4.47. The highest BCUT2D eigenvalue weighted by molar-refractivity contribution is 7.90. The van der Waals surface area contributed by atoms with Gasteiger partial charge in [0.1, 0.15) is 9.84 Å². The van der Waals surface area contributed by atoms with E-state index in [9.17, 15) is 13.2 Å². The van der Waals surface area contributed by atoms with E-state index in [1.165, 1.54) is 11.3 Å². The summed E-state index contributed by atoms with van der Waals surface area (Å²) in [6.45, 7) is 1.65. The third-order valence-corrected chi connectivity index (χ3v) is 3.70. The number of hydrogen-bond donors (Lipinski definition) is 2. The fraction of sp³-hybridized carbons (Fsp3) is 0.556. The summed E-state index contributed by atoms with van der Waals surface area (Å²) in [5, 5.41) is 4.72. The Bertz CT molecular complexity index is 495. The van der Waals surface area contributed by atoms with Gasteiger partial charge in [0, 0.05) is 17.7 Å². The van der Waals surface area contributed by atoms with E-state index < -0.39 is 15.9 Å². The van der Waals surface area contributed by atoms with Gasteiger partial charge in [0.15, 0.2) is 5.13 Å². The van der Waals surface area contributed by atoms with Gasteiger partial charge < -0.3 is 11.1 Å². The lowest BCUT2D eigenvalue weighted by Gasteiger charge is -2.11. The van der Waals surface area contributed by atoms with Crippen molar-refractivity contribution in [3.05, 3.63) is 11.1 Å². The lowest BCUT2D eigenvalue weighted by Crippen LogP contribution is -2.38. The molecule has 1 aromatic heterocycles. The number of nitrogens with one attached hydrogen (secondary N) is 1. The number of anilines is 1. The van der Waals surface area contributed by atoms with Crippen LogP contribution in [0.25, 0.3) is 0 Å². The number of carbonyl (C=O) groups is 1. The molecular weight excluding hydrogens is 262 g/mol. The molecule has 0 radical (unpaired) electrons. The molecule has 0 aromatic carbocycles. The number of nitrogens with zero attached hydrogens (tertiary/aromatic N) is 1. The summed E-state index contributed by atoms with van der Waals surface area (Å²) in [5.74, 6) is -0.329. The molecule has 0 saturated heterocycles. The molecular formula is C9H15N3O3S2. The number of hydrogen-bond acceptors (Lipinski definition) is 6. The summed E-state index contributed by atoms with van der Waals surface area (Å²) in [6.07, 6.45) is 1.25. The summed E-state index contributed by atoms with van der Waals surface area (Å²) >= 11 is 1.27. The summed E-state index contributed by atoms with van der Waals surface area (Å²) in [6, 6.07) is -0.409. The minimum Gasteiger partial charge on any atom is -0.375 e. The second-order valence-corrected chi connectivity index (χ2v) is 6.99. The van der Waals surface area contributed by atoms with Gasteiger partial charge in [-0.2, -0.15) is 0 Å². The van der Waals surface area contributed by atoms with Crippen LogP contribution >= 0.6 is 11.3 Å². The van der Waals surface area contributed by atoms with Crippen molar-refractivity contribution in [2.75, 3.05) is 17.7 Å². The predicted octanol–water partition coefficient (Wildman–Crippen LogP) is -0.183. The smallest absolute Gasteiger partial charge is 0.226 e. The van der Waals surface area contributed by atoms with Crippen LogP contribution in [0.15, 0.2) is 5.38 Å². The Balaban J connectivity index is 2.45. The van der Waals surface area contributed by atoms with Gasteiger partial charge in [-0.3, -0.25) is 4.79 Å². The molecule has 0 fully saturated rings. The van der Waals surface area contributed by atoms with Crippen LogP contribution in [0.3, 0.4) is 0 Å². The van der Waals surface area contributed by atoms with Crippen LogP contribution < -0.4 is 11.1 Å². The molecule has 1 unspecified atom stereocenters. The topological polar surface area (TPSA) is 102 Å². The quantitative estimate of drug-likeness (QED) is 0.777. The van der Waals surface area contributed by atoms with Gasteiger partial charge in [-0.1, -0.05) is 0 Å². The largest absolute Gasteiger partial charge is 0.375 e. The Morgan fingerprint density at radius 1 is 1.65 bits per heavy atom. The Hall–Kier alpha value is -1.15. The van der Waals surface area contributed by atoms with E-state index in [-0.39, 0.29) is 18.1 Å². The van der Waals surface area contributed by atoms with E-state index in [4.69, 9.17) is 5.73 Å². The Morgan fingerprint density at radius 2 is 2.29 bits per heavy atom. The summed E-state index contributed by atoms with van der Waals surface area (Å²) < 4.78 is 22.0. The molecule has 8 heteroatoms. The van der Waals surface area contributed by atoms with Crippen molar-refractivity contribution in [3.63, 3.8) is 0 Å². The fourth-order valence-electron chi connectivity index (χ4n) is 1.39. The normalized spacial score (nSPS) is 13.3. The Morgan fingerprint density at radius 3 is 2.76 bits per heavy atom. The van der Waals surface area contributed by atoms with Gasteiger partial charge in [-0.05, 0) is 6.92 Å². The van der Waals surface area contributed by atoms with Gasteiger partial charge in [0.2, 0.25) is 5.91 Å². The van der Waals surface area contributed by atoms with Gasteiger partial charge in [0.05, 0.1) is 17.9 Å². The fourth-order valence-corrected chi connectivity index (χ4v) is 2.94. The third-order valence-electron chi connectivity index (χ3n) is 1.87. The van der Waals surface area contributed by atoms with Crippen molar-refractivity contribution >= 4 is 32.2 Å². The molecule has 96 valence electrons. The first kappa shape index (κ1) is 13.9. The lowest BCUT2D eigenvalue weighted by molar-refractivity contribution is -0.120. The molecule has 0 aliphatic carbocycles. The van der Waals surface area contributed by atoms with Crippen molar-refractivity contribution in [2.24, 2.45) is 0 Å². The molecule has 0 saturated carbocycles. The molecule has 1 amide bonds. The molecule has 17 heavy (non-hydrogen) atoms. The number of nitrogen functional groups attached to an aromatic ring is 1. The zero-order valence-electron chi connectivity index (χ0n) is 9.63. The summed E-state index contributed by atoms with van der Waals surface area (Å²) in [4.78, 5) is 15.5. The SMILES string of the molecule is CC(CS(C)(=O)=O)NC(=O)Cc1csc(N)n1. The van der Waals surface area contributed by atoms with Crippen LogP contribution in [0.5, 0.6) is 0 Å². The van der Waals surface area contributed by atoms with E-state index in [0.717, 1.165) is 6.26 Å². The van der Waals surface area contributed by atoms with Crippen molar-refractivity contribution in [3.8, 4) is 0 Å². The molecule has 0 aliphatic heterocycles. The van der Waals surface area contributed by atoms with E-state index in [1.54, 1.807) is 12.3 Å².